The third-order valence-electron chi connectivity index (χ3n) is 4.82. The SMILES string of the molecule is C[C@@H](F)C[C@](C)(CNc1ncc(-c2cc(C(N)=O)ccc2O)nn1)c1ncccc1F. The number of pyridine rings is 1. The fraction of sp³-hybridized carbons (Fsp3) is 0.286. The predicted molar refractivity (Wildman–Crippen MR) is 111 cm³/mol. The van der Waals surface area contributed by atoms with Gasteiger partial charge >= 0.3 is 0 Å². The topological polar surface area (TPSA) is 127 Å². The Labute approximate surface area is 177 Å². The van der Waals surface area contributed by atoms with Crippen LogP contribution in [0.3, 0.4) is 0 Å². The lowest BCUT2D eigenvalue weighted by Crippen LogP contribution is -2.36. The molecule has 0 aliphatic heterocycles. The number of aromatic nitrogens is 4. The van der Waals surface area contributed by atoms with Crippen molar-refractivity contribution >= 4 is 11.9 Å². The summed E-state index contributed by atoms with van der Waals surface area (Å²) in [4.78, 5) is 19.6. The first-order valence-electron chi connectivity index (χ1n) is 9.51. The molecule has 2 aromatic heterocycles. The van der Waals surface area contributed by atoms with Gasteiger partial charge in [0.25, 0.3) is 0 Å². The Kier molecular flexibility index (Phi) is 6.38. The quantitative estimate of drug-likeness (QED) is 0.503. The highest BCUT2D eigenvalue weighted by molar-refractivity contribution is 5.94. The molecule has 0 spiro atoms. The molecule has 0 saturated carbocycles. The van der Waals surface area contributed by atoms with Crippen LogP contribution in [0.4, 0.5) is 14.7 Å². The van der Waals surface area contributed by atoms with E-state index in [1.165, 1.54) is 49.6 Å². The van der Waals surface area contributed by atoms with Gasteiger partial charge in [-0.2, -0.15) is 0 Å². The summed E-state index contributed by atoms with van der Waals surface area (Å²) in [7, 11) is 0. The fourth-order valence-corrected chi connectivity index (χ4v) is 3.35. The van der Waals surface area contributed by atoms with Crippen LogP contribution in [0.2, 0.25) is 0 Å². The van der Waals surface area contributed by atoms with Crippen LogP contribution in [0.1, 0.15) is 36.3 Å². The number of halogens is 2. The van der Waals surface area contributed by atoms with E-state index in [1.807, 2.05) is 0 Å². The van der Waals surface area contributed by atoms with E-state index >= 15 is 0 Å². The van der Waals surface area contributed by atoms with E-state index in [0.29, 0.717) is 0 Å². The molecule has 0 aliphatic carbocycles. The van der Waals surface area contributed by atoms with E-state index in [0.717, 1.165) is 0 Å². The number of nitrogens with zero attached hydrogens (tertiary/aromatic N) is 4. The largest absolute Gasteiger partial charge is 0.507 e. The average Bonchev–Trinajstić information content (AvgIpc) is 2.73. The van der Waals surface area contributed by atoms with Crippen molar-refractivity contribution in [1.29, 1.82) is 0 Å². The number of aromatic hydroxyl groups is 1. The zero-order valence-electron chi connectivity index (χ0n) is 17.0. The van der Waals surface area contributed by atoms with Crippen LogP contribution in [0.5, 0.6) is 5.75 Å². The van der Waals surface area contributed by atoms with Gasteiger partial charge in [0.2, 0.25) is 11.9 Å². The summed E-state index contributed by atoms with van der Waals surface area (Å²) in [5.74, 6) is -1.16. The van der Waals surface area contributed by atoms with Crippen LogP contribution in [0.25, 0.3) is 11.3 Å². The first-order valence-corrected chi connectivity index (χ1v) is 9.51. The van der Waals surface area contributed by atoms with Crippen LogP contribution in [0, 0.1) is 5.82 Å². The maximum Gasteiger partial charge on any atom is 0.248 e. The Morgan fingerprint density at radius 1 is 1.29 bits per heavy atom. The Morgan fingerprint density at radius 3 is 2.68 bits per heavy atom. The molecule has 0 fully saturated rings. The van der Waals surface area contributed by atoms with Crippen molar-refractivity contribution in [3.8, 4) is 17.0 Å². The highest BCUT2D eigenvalue weighted by Gasteiger charge is 2.33. The smallest absolute Gasteiger partial charge is 0.248 e. The number of anilines is 1. The molecule has 4 N–H and O–H groups in total. The Balaban J connectivity index is 1.81. The van der Waals surface area contributed by atoms with Crippen LogP contribution in [0.15, 0.2) is 42.7 Å². The van der Waals surface area contributed by atoms with Crippen molar-refractivity contribution in [2.75, 3.05) is 11.9 Å². The van der Waals surface area contributed by atoms with E-state index in [1.54, 1.807) is 6.92 Å². The molecule has 1 aromatic carbocycles. The number of hydrogen-bond donors (Lipinski definition) is 3. The molecule has 0 bridgehead atoms. The minimum Gasteiger partial charge on any atom is -0.507 e. The number of carbonyl (C=O) groups is 1. The highest BCUT2D eigenvalue weighted by Crippen LogP contribution is 2.31. The van der Waals surface area contributed by atoms with Gasteiger partial charge in [0.15, 0.2) is 0 Å². The Bertz CT molecular complexity index is 1080. The maximum atomic E-state index is 14.3. The number of benzene rings is 1. The third-order valence-corrected chi connectivity index (χ3v) is 4.82. The number of nitrogens with one attached hydrogen (secondary N) is 1. The molecule has 0 unspecified atom stereocenters. The molecule has 3 rings (SSSR count). The van der Waals surface area contributed by atoms with Gasteiger partial charge in [0, 0.05) is 29.3 Å². The second-order valence-corrected chi connectivity index (χ2v) is 7.50. The monoisotopic (exact) mass is 428 g/mol. The van der Waals surface area contributed by atoms with Gasteiger partial charge in [-0.3, -0.25) is 9.78 Å². The molecule has 0 radical (unpaired) electrons. The number of amides is 1. The van der Waals surface area contributed by atoms with Crippen molar-refractivity contribution in [3.05, 3.63) is 59.8 Å². The molecular formula is C21H22F2N6O2. The first kappa shape index (κ1) is 22.0. The van der Waals surface area contributed by atoms with Crippen LogP contribution in [-0.2, 0) is 5.41 Å². The van der Waals surface area contributed by atoms with E-state index in [-0.39, 0.29) is 47.2 Å². The number of phenolic OH excluding ortho intramolecular Hbond substituents is 1. The standard InChI is InChI=1S/C21H22F2N6O2/c1-12(22)9-21(2,18-15(23)4-3-7-25-18)11-27-20-26-10-16(28-29-20)14-8-13(19(24)31)5-6-17(14)30/h3-8,10,12,30H,9,11H2,1-2H3,(H2,24,31)(H,26,27,29)/t12-,21-/m1/s1. The lowest BCUT2D eigenvalue weighted by Gasteiger charge is -2.30. The third kappa shape index (κ3) is 5.08. The van der Waals surface area contributed by atoms with Gasteiger partial charge < -0.3 is 16.2 Å². The van der Waals surface area contributed by atoms with Gasteiger partial charge in [-0.25, -0.2) is 13.8 Å². The summed E-state index contributed by atoms with van der Waals surface area (Å²) < 4.78 is 28.1. The minimum absolute atomic E-state index is 0.0349. The normalized spacial score (nSPS) is 13.9. The summed E-state index contributed by atoms with van der Waals surface area (Å²) >= 11 is 0. The number of carbonyl (C=O) groups excluding carboxylic acids is 1. The minimum atomic E-state index is -1.19. The molecule has 1 amide bonds. The molecule has 162 valence electrons. The number of nitrogens with two attached hydrogens (primary N) is 1. The highest BCUT2D eigenvalue weighted by atomic mass is 19.1. The van der Waals surface area contributed by atoms with Gasteiger partial charge in [0.05, 0.1) is 18.1 Å². The summed E-state index contributed by atoms with van der Waals surface area (Å²) in [6.45, 7) is 3.22. The van der Waals surface area contributed by atoms with Crippen molar-refractivity contribution < 1.29 is 18.7 Å². The van der Waals surface area contributed by atoms with Crippen LogP contribution < -0.4 is 11.1 Å². The molecule has 0 aliphatic rings. The number of alkyl halides is 1. The number of phenols is 1. The fourth-order valence-electron chi connectivity index (χ4n) is 3.35. The lowest BCUT2D eigenvalue weighted by molar-refractivity contribution is 0.100. The van der Waals surface area contributed by atoms with E-state index in [4.69, 9.17) is 5.73 Å². The predicted octanol–water partition coefficient (Wildman–Crippen LogP) is 3.00. The van der Waals surface area contributed by atoms with E-state index in [9.17, 15) is 18.7 Å². The Morgan fingerprint density at radius 2 is 2.06 bits per heavy atom. The number of hydrogen-bond acceptors (Lipinski definition) is 7. The zero-order chi connectivity index (χ0) is 22.6. The van der Waals surface area contributed by atoms with E-state index in [2.05, 4.69) is 25.5 Å². The van der Waals surface area contributed by atoms with Crippen molar-refractivity contribution in [1.82, 2.24) is 20.2 Å². The van der Waals surface area contributed by atoms with Crippen molar-refractivity contribution in [2.24, 2.45) is 5.73 Å². The lowest BCUT2D eigenvalue weighted by atomic mass is 9.81. The summed E-state index contributed by atoms with van der Waals surface area (Å²) in [5.41, 5.74) is 5.12. The van der Waals surface area contributed by atoms with Crippen molar-refractivity contribution in [2.45, 2.75) is 31.9 Å². The first-order chi connectivity index (χ1) is 14.7. The Hall–Kier alpha value is -3.69. The number of rotatable bonds is 8. The molecular weight excluding hydrogens is 406 g/mol. The van der Waals surface area contributed by atoms with Crippen LogP contribution >= 0.6 is 0 Å². The maximum absolute atomic E-state index is 14.3. The number of primary amides is 1. The molecule has 2 heterocycles. The van der Waals surface area contributed by atoms with Gasteiger partial charge in [-0.1, -0.05) is 6.92 Å². The molecule has 2 atom stereocenters. The average molecular weight is 428 g/mol. The molecule has 3 aromatic rings. The summed E-state index contributed by atoms with van der Waals surface area (Å²) in [6.07, 6.45) is 1.66. The molecule has 8 nitrogen and oxygen atoms in total. The van der Waals surface area contributed by atoms with Gasteiger partial charge in [-0.15, -0.1) is 10.2 Å². The summed E-state index contributed by atoms with van der Waals surface area (Å²) in [5, 5.41) is 21.0. The second kappa shape index (κ2) is 8.99. The van der Waals surface area contributed by atoms with Gasteiger partial charge in [-0.05, 0) is 43.7 Å². The molecule has 10 heteroatoms. The van der Waals surface area contributed by atoms with Crippen LogP contribution in [-0.4, -0.2) is 43.9 Å². The molecule has 31 heavy (non-hydrogen) atoms. The summed E-state index contributed by atoms with van der Waals surface area (Å²) in [6, 6.07) is 6.86. The van der Waals surface area contributed by atoms with Gasteiger partial charge in [0.1, 0.15) is 17.3 Å². The second-order valence-electron chi connectivity index (χ2n) is 7.50. The molecule has 0 saturated heterocycles. The van der Waals surface area contributed by atoms with E-state index < -0.39 is 23.3 Å². The van der Waals surface area contributed by atoms with Crippen molar-refractivity contribution in [3.63, 3.8) is 0 Å². The zero-order valence-corrected chi connectivity index (χ0v) is 17.0.